The van der Waals surface area contributed by atoms with Crippen LogP contribution in [0.15, 0.2) is 0 Å². The Balaban J connectivity index is 1.67. The molecule has 0 spiro atoms. The molecule has 82 valence electrons. The van der Waals surface area contributed by atoms with Crippen molar-refractivity contribution < 1.29 is 5.11 Å². The van der Waals surface area contributed by atoms with Crippen LogP contribution in [0.1, 0.15) is 45.4 Å². The second kappa shape index (κ2) is 4.63. The van der Waals surface area contributed by atoms with E-state index in [-0.39, 0.29) is 6.10 Å². The van der Waals surface area contributed by atoms with Crippen LogP contribution in [0.2, 0.25) is 0 Å². The molecule has 0 radical (unpaired) electrons. The van der Waals surface area contributed by atoms with E-state index in [0.29, 0.717) is 6.04 Å². The first kappa shape index (κ1) is 10.4. The molecule has 0 aromatic heterocycles. The average Bonchev–Trinajstić information content (AvgIpc) is 2.72. The minimum atomic E-state index is -0.0752. The summed E-state index contributed by atoms with van der Waals surface area (Å²) in [5.74, 6) is 1.80. The first-order valence-electron chi connectivity index (χ1n) is 6.17. The van der Waals surface area contributed by atoms with E-state index in [9.17, 15) is 5.11 Å². The van der Waals surface area contributed by atoms with Crippen LogP contribution in [0.25, 0.3) is 0 Å². The van der Waals surface area contributed by atoms with Crippen LogP contribution < -0.4 is 5.32 Å². The highest BCUT2D eigenvalue weighted by molar-refractivity contribution is 4.84. The number of hydrogen-bond acceptors (Lipinski definition) is 2. The molecule has 2 aliphatic carbocycles. The lowest BCUT2D eigenvalue weighted by Crippen LogP contribution is -2.38. The maximum absolute atomic E-state index is 9.65. The number of nitrogens with one attached hydrogen (secondary N) is 1. The average molecular weight is 197 g/mol. The van der Waals surface area contributed by atoms with Crippen molar-refractivity contribution >= 4 is 0 Å². The molecule has 0 amide bonds. The Bertz CT molecular complexity index is 183. The highest BCUT2D eigenvalue weighted by Gasteiger charge is 2.27. The van der Waals surface area contributed by atoms with Crippen LogP contribution in [-0.2, 0) is 0 Å². The molecule has 0 aromatic carbocycles. The molecule has 0 saturated heterocycles. The van der Waals surface area contributed by atoms with Gasteiger partial charge in [0.2, 0.25) is 0 Å². The van der Waals surface area contributed by atoms with Crippen LogP contribution in [0.3, 0.4) is 0 Å². The van der Waals surface area contributed by atoms with Gasteiger partial charge in [0.25, 0.3) is 0 Å². The molecule has 14 heavy (non-hydrogen) atoms. The monoisotopic (exact) mass is 197 g/mol. The van der Waals surface area contributed by atoms with E-state index >= 15 is 0 Å². The van der Waals surface area contributed by atoms with E-state index in [2.05, 4.69) is 12.2 Å². The lowest BCUT2D eigenvalue weighted by Gasteiger charge is -2.19. The normalized spacial score (nSPS) is 43.3. The molecule has 0 heterocycles. The topological polar surface area (TPSA) is 32.3 Å². The molecular weight excluding hydrogens is 174 g/mol. The number of aliphatic hydroxyl groups excluding tert-OH is 1. The summed E-state index contributed by atoms with van der Waals surface area (Å²) < 4.78 is 0. The molecule has 0 bridgehead atoms. The van der Waals surface area contributed by atoms with Crippen LogP contribution in [0, 0.1) is 11.8 Å². The summed E-state index contributed by atoms with van der Waals surface area (Å²) in [4.78, 5) is 0. The predicted molar refractivity (Wildman–Crippen MR) is 58.2 cm³/mol. The van der Waals surface area contributed by atoms with Gasteiger partial charge < -0.3 is 10.4 Å². The minimum Gasteiger partial charge on any atom is -0.392 e. The number of aliphatic hydroxyl groups is 1. The lowest BCUT2D eigenvalue weighted by molar-refractivity contribution is 0.146. The van der Waals surface area contributed by atoms with E-state index in [1.165, 1.54) is 32.1 Å². The molecule has 0 aromatic rings. The zero-order valence-electron chi connectivity index (χ0n) is 9.21. The molecule has 2 N–H and O–H groups in total. The number of hydrogen-bond donors (Lipinski definition) is 2. The van der Waals surface area contributed by atoms with E-state index in [4.69, 9.17) is 0 Å². The maximum Gasteiger partial charge on any atom is 0.0693 e. The van der Waals surface area contributed by atoms with Gasteiger partial charge in [0.05, 0.1) is 6.10 Å². The van der Waals surface area contributed by atoms with Crippen molar-refractivity contribution in [3.8, 4) is 0 Å². The summed E-state index contributed by atoms with van der Waals surface area (Å²) in [5, 5.41) is 13.2. The van der Waals surface area contributed by atoms with Gasteiger partial charge in [-0.15, -0.1) is 0 Å². The molecule has 2 aliphatic rings. The molecule has 2 unspecified atom stereocenters. The summed E-state index contributed by atoms with van der Waals surface area (Å²) in [6.45, 7) is 3.48. The van der Waals surface area contributed by atoms with Gasteiger partial charge in [-0.1, -0.05) is 13.3 Å². The smallest absolute Gasteiger partial charge is 0.0693 e. The molecule has 2 fully saturated rings. The van der Waals surface area contributed by atoms with Gasteiger partial charge in [-0.2, -0.15) is 0 Å². The summed E-state index contributed by atoms with van der Waals surface area (Å²) >= 11 is 0. The van der Waals surface area contributed by atoms with E-state index in [1.807, 2.05) is 0 Å². The first-order chi connectivity index (χ1) is 6.75. The highest BCUT2D eigenvalue weighted by Crippen LogP contribution is 2.30. The Labute approximate surface area is 87.1 Å². The Morgan fingerprint density at radius 2 is 2.07 bits per heavy atom. The van der Waals surface area contributed by atoms with Crippen molar-refractivity contribution in [3.63, 3.8) is 0 Å². The first-order valence-corrected chi connectivity index (χ1v) is 6.17. The maximum atomic E-state index is 9.65. The van der Waals surface area contributed by atoms with Gasteiger partial charge in [0, 0.05) is 6.04 Å². The van der Waals surface area contributed by atoms with Crippen molar-refractivity contribution in [3.05, 3.63) is 0 Å². The van der Waals surface area contributed by atoms with Gasteiger partial charge in [-0.05, 0) is 50.5 Å². The standard InChI is InChI=1S/C12H23NO/c1-9-5-6-10(7-9)8-13-11-3-2-4-12(11)14/h9-14H,2-8H2,1H3/t9?,10?,11-,12-/m0/s1. The fraction of sp³-hybridized carbons (Fsp3) is 1.00. The zero-order chi connectivity index (χ0) is 9.97. The van der Waals surface area contributed by atoms with Gasteiger partial charge in [0.1, 0.15) is 0 Å². The van der Waals surface area contributed by atoms with E-state index < -0.39 is 0 Å². The van der Waals surface area contributed by atoms with E-state index in [0.717, 1.165) is 24.8 Å². The predicted octanol–water partition coefficient (Wildman–Crippen LogP) is 1.93. The van der Waals surface area contributed by atoms with Gasteiger partial charge in [-0.25, -0.2) is 0 Å². The Kier molecular flexibility index (Phi) is 3.45. The quantitative estimate of drug-likeness (QED) is 0.724. The van der Waals surface area contributed by atoms with Crippen molar-refractivity contribution in [1.29, 1.82) is 0 Å². The van der Waals surface area contributed by atoms with Gasteiger partial charge in [0.15, 0.2) is 0 Å². The van der Waals surface area contributed by atoms with Crippen molar-refractivity contribution in [1.82, 2.24) is 5.32 Å². The van der Waals surface area contributed by atoms with Crippen LogP contribution in [-0.4, -0.2) is 23.8 Å². The van der Waals surface area contributed by atoms with E-state index in [1.54, 1.807) is 0 Å². The second-order valence-corrected chi connectivity index (χ2v) is 5.30. The Hall–Kier alpha value is -0.0800. The van der Waals surface area contributed by atoms with Gasteiger partial charge in [-0.3, -0.25) is 0 Å². The molecule has 4 atom stereocenters. The van der Waals surface area contributed by atoms with Crippen molar-refractivity contribution in [2.75, 3.05) is 6.54 Å². The number of rotatable bonds is 3. The Morgan fingerprint density at radius 1 is 1.21 bits per heavy atom. The molecular formula is C12H23NO. The van der Waals surface area contributed by atoms with Crippen LogP contribution >= 0.6 is 0 Å². The largest absolute Gasteiger partial charge is 0.392 e. The molecule has 2 saturated carbocycles. The third-order valence-corrected chi connectivity index (χ3v) is 3.95. The fourth-order valence-corrected chi connectivity index (χ4v) is 3.01. The third kappa shape index (κ3) is 2.48. The van der Waals surface area contributed by atoms with Crippen LogP contribution in [0.5, 0.6) is 0 Å². The van der Waals surface area contributed by atoms with Gasteiger partial charge >= 0.3 is 0 Å². The minimum absolute atomic E-state index is 0.0752. The Morgan fingerprint density at radius 3 is 2.64 bits per heavy atom. The second-order valence-electron chi connectivity index (χ2n) is 5.30. The lowest BCUT2D eigenvalue weighted by atomic mass is 10.1. The fourth-order valence-electron chi connectivity index (χ4n) is 3.01. The highest BCUT2D eigenvalue weighted by atomic mass is 16.3. The van der Waals surface area contributed by atoms with Crippen LogP contribution in [0.4, 0.5) is 0 Å². The van der Waals surface area contributed by atoms with Crippen molar-refractivity contribution in [2.24, 2.45) is 11.8 Å². The SMILES string of the molecule is CC1CCC(CN[C@H]2CCC[C@@H]2O)C1. The summed E-state index contributed by atoms with van der Waals surface area (Å²) in [6, 6.07) is 0.394. The summed E-state index contributed by atoms with van der Waals surface area (Å²) in [6.07, 6.45) is 7.46. The zero-order valence-corrected chi connectivity index (χ0v) is 9.21. The molecule has 2 rings (SSSR count). The molecule has 2 nitrogen and oxygen atoms in total. The third-order valence-electron chi connectivity index (χ3n) is 3.95. The van der Waals surface area contributed by atoms with Crippen molar-refractivity contribution in [2.45, 2.75) is 57.6 Å². The summed E-state index contributed by atoms with van der Waals surface area (Å²) in [7, 11) is 0. The molecule has 2 heteroatoms. The summed E-state index contributed by atoms with van der Waals surface area (Å²) in [5.41, 5.74) is 0. The molecule has 0 aliphatic heterocycles.